The van der Waals surface area contributed by atoms with Gasteiger partial charge in [-0.2, -0.15) is 0 Å². The minimum atomic E-state index is -0.571. The van der Waals surface area contributed by atoms with E-state index in [-0.39, 0.29) is 23.9 Å². The largest absolute Gasteiger partial charge is 0.349 e. The van der Waals surface area contributed by atoms with Crippen LogP contribution >= 0.6 is 0 Å². The van der Waals surface area contributed by atoms with Gasteiger partial charge in [0.15, 0.2) is 5.79 Å². The highest BCUT2D eigenvalue weighted by Gasteiger charge is 2.47. The second kappa shape index (κ2) is 12.1. The van der Waals surface area contributed by atoms with Gasteiger partial charge in [-0.25, -0.2) is 0 Å². The van der Waals surface area contributed by atoms with Gasteiger partial charge in [-0.3, -0.25) is 9.59 Å². The Morgan fingerprint density at radius 3 is 2.36 bits per heavy atom. The number of piperidine rings is 1. The highest BCUT2D eigenvalue weighted by atomic mass is 16.7. The lowest BCUT2D eigenvalue weighted by Crippen LogP contribution is -2.64. The summed E-state index contributed by atoms with van der Waals surface area (Å²) in [5.41, 5.74) is 0. The van der Waals surface area contributed by atoms with Gasteiger partial charge >= 0.3 is 0 Å². The SMILES string of the molecule is CC(C)CC1NCCN(C(CC(C)C)C(=O)N2CCC3(C[C@@H]2C)OCC(CN2CCCC2)CO3)C1=O. The maximum Gasteiger partial charge on any atom is 0.245 e. The van der Waals surface area contributed by atoms with Crippen LogP contribution in [0.4, 0.5) is 0 Å². The van der Waals surface area contributed by atoms with Crippen molar-refractivity contribution in [3.05, 3.63) is 0 Å². The first-order valence-corrected chi connectivity index (χ1v) is 14.5. The lowest BCUT2D eigenvalue weighted by atomic mass is 9.92. The molecule has 4 saturated heterocycles. The Morgan fingerprint density at radius 2 is 1.75 bits per heavy atom. The molecule has 8 nitrogen and oxygen atoms in total. The Balaban J connectivity index is 1.37. The van der Waals surface area contributed by atoms with E-state index < -0.39 is 11.8 Å². The highest BCUT2D eigenvalue weighted by Crippen LogP contribution is 2.36. The third-order valence-corrected chi connectivity index (χ3v) is 8.42. The Hall–Kier alpha value is -1.22. The normalized spacial score (nSPS) is 33.2. The summed E-state index contributed by atoms with van der Waals surface area (Å²) in [4.78, 5) is 33.8. The smallest absolute Gasteiger partial charge is 0.245 e. The van der Waals surface area contributed by atoms with Gasteiger partial charge in [-0.1, -0.05) is 27.7 Å². The summed E-state index contributed by atoms with van der Waals surface area (Å²) in [6.07, 6.45) is 5.48. The second-order valence-corrected chi connectivity index (χ2v) is 12.6. The molecule has 4 rings (SSSR count). The van der Waals surface area contributed by atoms with Crippen LogP contribution in [0, 0.1) is 17.8 Å². The number of carbonyl (C=O) groups is 2. The number of amides is 2. The standard InChI is InChI=1S/C28H50N4O4/c1-20(2)14-24-26(33)32(13-9-29-24)25(15-21(3)4)27(34)31-12-8-28(16-22(31)5)35-18-23(19-36-28)17-30-10-6-7-11-30/h20-25,29H,6-19H2,1-5H3/t22-,23?,24?,25?,28?/m0/s1. The zero-order chi connectivity index (χ0) is 25.9. The molecule has 4 heterocycles. The number of nitrogens with one attached hydrogen (secondary N) is 1. The average Bonchev–Trinajstić information content (AvgIpc) is 3.33. The number of likely N-dealkylation sites (tertiary alicyclic amines) is 2. The van der Waals surface area contributed by atoms with Gasteiger partial charge < -0.3 is 29.5 Å². The maximum absolute atomic E-state index is 14.0. The Labute approximate surface area is 218 Å². The van der Waals surface area contributed by atoms with Crippen molar-refractivity contribution in [2.45, 2.75) is 97.1 Å². The van der Waals surface area contributed by atoms with Crippen LogP contribution in [0.1, 0.15) is 73.1 Å². The molecule has 8 heteroatoms. The van der Waals surface area contributed by atoms with Crippen LogP contribution in [-0.4, -0.2) is 103 Å². The van der Waals surface area contributed by atoms with Crippen molar-refractivity contribution >= 4 is 11.8 Å². The molecule has 4 fully saturated rings. The Bertz CT molecular complexity index is 746. The molecule has 0 aromatic rings. The number of hydrogen-bond acceptors (Lipinski definition) is 6. The molecule has 4 aliphatic rings. The number of ether oxygens (including phenoxy) is 2. The van der Waals surface area contributed by atoms with Gasteiger partial charge in [0.25, 0.3) is 0 Å². The van der Waals surface area contributed by atoms with Crippen LogP contribution in [0.3, 0.4) is 0 Å². The molecule has 0 aromatic carbocycles. The van der Waals surface area contributed by atoms with Crippen molar-refractivity contribution in [2.24, 2.45) is 17.8 Å². The number of carbonyl (C=O) groups excluding carboxylic acids is 2. The van der Waals surface area contributed by atoms with Crippen molar-refractivity contribution in [3.63, 3.8) is 0 Å². The van der Waals surface area contributed by atoms with Crippen molar-refractivity contribution in [2.75, 3.05) is 52.5 Å². The number of nitrogens with zero attached hydrogens (tertiary/aromatic N) is 3. The molecule has 0 aliphatic carbocycles. The molecular formula is C28H50N4O4. The average molecular weight is 507 g/mol. The van der Waals surface area contributed by atoms with E-state index in [1.807, 2.05) is 9.80 Å². The van der Waals surface area contributed by atoms with Crippen molar-refractivity contribution in [1.29, 1.82) is 0 Å². The summed E-state index contributed by atoms with van der Waals surface area (Å²) in [5.74, 6) is 0.781. The molecule has 206 valence electrons. The summed E-state index contributed by atoms with van der Waals surface area (Å²) in [6.45, 7) is 17.5. The fourth-order valence-corrected chi connectivity index (χ4v) is 6.55. The quantitative estimate of drug-likeness (QED) is 0.546. The predicted octanol–water partition coefficient (Wildman–Crippen LogP) is 2.71. The minimum Gasteiger partial charge on any atom is -0.349 e. The molecule has 0 radical (unpaired) electrons. The molecule has 1 spiro atoms. The number of rotatable bonds is 8. The van der Waals surface area contributed by atoms with Crippen molar-refractivity contribution in [3.8, 4) is 0 Å². The van der Waals surface area contributed by atoms with E-state index in [9.17, 15) is 9.59 Å². The summed E-state index contributed by atoms with van der Waals surface area (Å²) >= 11 is 0. The van der Waals surface area contributed by atoms with E-state index in [4.69, 9.17) is 9.47 Å². The van der Waals surface area contributed by atoms with E-state index in [2.05, 4.69) is 44.8 Å². The lowest BCUT2D eigenvalue weighted by molar-refractivity contribution is -0.303. The monoisotopic (exact) mass is 506 g/mol. The highest BCUT2D eigenvalue weighted by molar-refractivity contribution is 5.90. The molecule has 4 aliphatic heterocycles. The number of piperazine rings is 1. The maximum atomic E-state index is 14.0. The van der Waals surface area contributed by atoms with Crippen LogP contribution in [0.15, 0.2) is 0 Å². The molecule has 2 amide bonds. The fourth-order valence-electron chi connectivity index (χ4n) is 6.55. The Kier molecular flexibility index (Phi) is 9.34. The topological polar surface area (TPSA) is 74.3 Å². The van der Waals surface area contributed by atoms with E-state index in [0.717, 1.165) is 32.7 Å². The summed E-state index contributed by atoms with van der Waals surface area (Å²) in [6, 6.07) is -0.579. The summed E-state index contributed by atoms with van der Waals surface area (Å²) in [5, 5.41) is 3.38. The minimum absolute atomic E-state index is 0.0144. The second-order valence-electron chi connectivity index (χ2n) is 12.6. The zero-order valence-corrected chi connectivity index (χ0v) is 23.3. The van der Waals surface area contributed by atoms with Gasteiger partial charge in [0.2, 0.25) is 11.8 Å². The van der Waals surface area contributed by atoms with Crippen LogP contribution in [-0.2, 0) is 19.1 Å². The van der Waals surface area contributed by atoms with Gasteiger partial charge in [-0.15, -0.1) is 0 Å². The predicted molar refractivity (Wildman–Crippen MR) is 140 cm³/mol. The van der Waals surface area contributed by atoms with Crippen LogP contribution in [0.5, 0.6) is 0 Å². The van der Waals surface area contributed by atoms with Crippen LogP contribution in [0.25, 0.3) is 0 Å². The van der Waals surface area contributed by atoms with E-state index in [0.29, 0.717) is 50.1 Å². The van der Waals surface area contributed by atoms with E-state index >= 15 is 0 Å². The Morgan fingerprint density at radius 1 is 1.06 bits per heavy atom. The molecule has 36 heavy (non-hydrogen) atoms. The van der Waals surface area contributed by atoms with Crippen LogP contribution in [0.2, 0.25) is 0 Å². The molecule has 3 atom stereocenters. The number of hydrogen-bond donors (Lipinski definition) is 1. The fraction of sp³-hybridized carbons (Fsp3) is 0.929. The summed E-state index contributed by atoms with van der Waals surface area (Å²) in [7, 11) is 0. The molecular weight excluding hydrogens is 456 g/mol. The first-order chi connectivity index (χ1) is 17.2. The third kappa shape index (κ3) is 6.61. The first-order valence-electron chi connectivity index (χ1n) is 14.5. The van der Waals surface area contributed by atoms with Crippen LogP contribution < -0.4 is 5.32 Å². The summed E-state index contributed by atoms with van der Waals surface area (Å²) < 4.78 is 12.8. The van der Waals surface area contributed by atoms with Crippen molar-refractivity contribution < 1.29 is 19.1 Å². The van der Waals surface area contributed by atoms with Crippen molar-refractivity contribution in [1.82, 2.24) is 20.0 Å². The van der Waals surface area contributed by atoms with E-state index in [1.54, 1.807) is 0 Å². The molecule has 1 N–H and O–H groups in total. The van der Waals surface area contributed by atoms with Gasteiger partial charge in [0, 0.05) is 51.0 Å². The molecule has 0 aromatic heterocycles. The molecule has 0 bridgehead atoms. The van der Waals surface area contributed by atoms with Gasteiger partial charge in [-0.05, 0) is 57.5 Å². The van der Waals surface area contributed by atoms with Gasteiger partial charge in [0.1, 0.15) is 6.04 Å². The van der Waals surface area contributed by atoms with E-state index in [1.165, 1.54) is 25.9 Å². The third-order valence-electron chi connectivity index (χ3n) is 8.42. The zero-order valence-electron chi connectivity index (χ0n) is 23.3. The lowest BCUT2D eigenvalue weighted by Gasteiger charge is -2.49. The first kappa shape index (κ1) is 27.8. The van der Waals surface area contributed by atoms with Gasteiger partial charge in [0.05, 0.1) is 19.3 Å². The molecule has 2 unspecified atom stereocenters. The molecule has 0 saturated carbocycles.